The molecular weight excluding hydrogens is 446 g/mol. The predicted molar refractivity (Wildman–Crippen MR) is 140 cm³/mol. The van der Waals surface area contributed by atoms with Gasteiger partial charge in [-0.1, -0.05) is 54.6 Å². The molecule has 0 radical (unpaired) electrons. The van der Waals surface area contributed by atoms with Crippen LogP contribution in [0.2, 0.25) is 0 Å². The summed E-state index contributed by atoms with van der Waals surface area (Å²) >= 11 is 0. The molecule has 0 spiro atoms. The highest BCUT2D eigenvalue weighted by Gasteiger charge is 2.34. The molecule has 7 nitrogen and oxygen atoms in total. The Labute approximate surface area is 207 Å². The van der Waals surface area contributed by atoms with Gasteiger partial charge in [-0.15, -0.1) is 10.2 Å². The standard InChI is InChI=1S/C29H23N7/c30-29(13-4-14-29)22-9-7-20(8-10-22)26-23(19-5-2-1-3-6-19)17-24-25(33-26)12-16-36-27(34-35-28(24)36)21-11-15-31-32-18-21/h1-3,5-12,15-18H,4,13-14,30H2. The second kappa shape index (κ2) is 8.03. The van der Waals surface area contributed by atoms with E-state index in [1.807, 2.05) is 40.9 Å². The number of benzene rings is 2. The molecule has 4 aromatic heterocycles. The van der Waals surface area contributed by atoms with Crippen LogP contribution in [0.5, 0.6) is 0 Å². The molecule has 1 aliphatic carbocycles. The minimum absolute atomic E-state index is 0.182. The number of nitrogens with zero attached hydrogens (tertiary/aromatic N) is 6. The monoisotopic (exact) mass is 469 g/mol. The van der Waals surface area contributed by atoms with Gasteiger partial charge in [0.1, 0.15) is 0 Å². The van der Waals surface area contributed by atoms with E-state index in [0.717, 1.165) is 63.2 Å². The van der Waals surface area contributed by atoms with Gasteiger partial charge >= 0.3 is 0 Å². The summed E-state index contributed by atoms with van der Waals surface area (Å²) in [5.41, 5.74) is 14.2. The lowest BCUT2D eigenvalue weighted by molar-refractivity contribution is 0.253. The van der Waals surface area contributed by atoms with Crippen LogP contribution in [0.25, 0.3) is 50.3 Å². The van der Waals surface area contributed by atoms with Crippen LogP contribution in [-0.2, 0) is 5.54 Å². The van der Waals surface area contributed by atoms with E-state index in [0.29, 0.717) is 0 Å². The lowest BCUT2D eigenvalue weighted by Crippen LogP contribution is -2.43. The third-order valence-electron chi connectivity index (χ3n) is 7.28. The summed E-state index contributed by atoms with van der Waals surface area (Å²) < 4.78 is 1.98. The van der Waals surface area contributed by atoms with Crippen molar-refractivity contribution < 1.29 is 0 Å². The number of fused-ring (bicyclic) bond motifs is 3. The van der Waals surface area contributed by atoms with E-state index in [1.165, 1.54) is 12.0 Å². The maximum absolute atomic E-state index is 6.57. The lowest BCUT2D eigenvalue weighted by Gasteiger charge is -2.38. The van der Waals surface area contributed by atoms with Gasteiger partial charge < -0.3 is 5.73 Å². The topological polar surface area (TPSA) is 94.9 Å². The molecule has 2 aromatic carbocycles. The molecule has 1 aliphatic rings. The van der Waals surface area contributed by atoms with Crippen LogP contribution in [-0.4, -0.2) is 29.8 Å². The van der Waals surface area contributed by atoms with Crippen molar-refractivity contribution in [1.29, 1.82) is 0 Å². The fourth-order valence-electron chi connectivity index (χ4n) is 5.08. The van der Waals surface area contributed by atoms with Crippen molar-refractivity contribution in [3.63, 3.8) is 0 Å². The van der Waals surface area contributed by atoms with Gasteiger partial charge in [0, 0.05) is 33.8 Å². The van der Waals surface area contributed by atoms with E-state index >= 15 is 0 Å². The van der Waals surface area contributed by atoms with Crippen molar-refractivity contribution in [2.24, 2.45) is 5.73 Å². The number of hydrogen-bond acceptors (Lipinski definition) is 6. The first-order valence-electron chi connectivity index (χ1n) is 12.1. The lowest BCUT2D eigenvalue weighted by atomic mass is 9.72. The summed E-state index contributed by atoms with van der Waals surface area (Å²) in [6, 6.07) is 25.0. The summed E-state index contributed by atoms with van der Waals surface area (Å²) in [6.45, 7) is 0. The zero-order valence-electron chi connectivity index (χ0n) is 19.5. The summed E-state index contributed by atoms with van der Waals surface area (Å²) in [5, 5.41) is 17.8. The molecule has 2 N–H and O–H groups in total. The Morgan fingerprint density at radius 3 is 2.36 bits per heavy atom. The number of aromatic nitrogens is 6. The highest BCUT2D eigenvalue weighted by atomic mass is 15.2. The number of nitrogens with two attached hydrogens (primary N) is 1. The van der Waals surface area contributed by atoms with E-state index in [4.69, 9.17) is 10.7 Å². The second-order valence-electron chi connectivity index (χ2n) is 9.43. The van der Waals surface area contributed by atoms with Crippen LogP contribution in [0.3, 0.4) is 0 Å². The Balaban J connectivity index is 1.43. The van der Waals surface area contributed by atoms with Crippen molar-refractivity contribution in [3.05, 3.63) is 97.0 Å². The molecule has 4 heterocycles. The Morgan fingerprint density at radius 1 is 0.806 bits per heavy atom. The van der Waals surface area contributed by atoms with Crippen molar-refractivity contribution in [2.75, 3.05) is 0 Å². The van der Waals surface area contributed by atoms with Crippen LogP contribution in [0.1, 0.15) is 24.8 Å². The normalized spacial score (nSPS) is 14.7. The van der Waals surface area contributed by atoms with Gasteiger partial charge in [-0.3, -0.25) is 4.40 Å². The average molecular weight is 470 g/mol. The fraction of sp³-hybridized carbons (Fsp3) is 0.138. The van der Waals surface area contributed by atoms with E-state index in [9.17, 15) is 0 Å². The highest BCUT2D eigenvalue weighted by molar-refractivity contribution is 5.98. The van der Waals surface area contributed by atoms with Gasteiger partial charge in [-0.25, -0.2) is 4.98 Å². The summed E-state index contributed by atoms with van der Waals surface area (Å²) in [5.74, 6) is 0.717. The van der Waals surface area contributed by atoms with Gasteiger partial charge in [-0.05, 0) is 48.6 Å². The molecule has 36 heavy (non-hydrogen) atoms. The maximum atomic E-state index is 6.57. The molecular formula is C29H23N7. The number of pyridine rings is 2. The Kier molecular flexibility index (Phi) is 4.65. The third kappa shape index (κ3) is 3.28. The fourth-order valence-corrected chi connectivity index (χ4v) is 5.08. The molecule has 0 bridgehead atoms. The molecule has 1 fully saturated rings. The molecule has 1 saturated carbocycles. The number of hydrogen-bond donors (Lipinski definition) is 1. The largest absolute Gasteiger partial charge is 0.321 e. The van der Waals surface area contributed by atoms with Gasteiger partial charge in [-0.2, -0.15) is 10.2 Å². The molecule has 7 heteroatoms. The van der Waals surface area contributed by atoms with Crippen LogP contribution < -0.4 is 5.73 Å². The van der Waals surface area contributed by atoms with Crippen LogP contribution >= 0.6 is 0 Å². The zero-order chi connectivity index (χ0) is 24.1. The molecule has 6 aromatic rings. The first-order chi connectivity index (χ1) is 17.7. The molecule has 7 rings (SSSR count). The van der Waals surface area contributed by atoms with Crippen molar-refractivity contribution in [2.45, 2.75) is 24.8 Å². The van der Waals surface area contributed by atoms with Gasteiger partial charge in [0.2, 0.25) is 0 Å². The number of rotatable bonds is 4. The van der Waals surface area contributed by atoms with Gasteiger partial charge in [0.25, 0.3) is 0 Å². The Morgan fingerprint density at radius 2 is 1.64 bits per heavy atom. The first-order valence-corrected chi connectivity index (χ1v) is 12.1. The molecule has 0 unspecified atom stereocenters. The zero-order valence-corrected chi connectivity index (χ0v) is 19.5. The molecule has 0 saturated heterocycles. The third-order valence-corrected chi connectivity index (χ3v) is 7.28. The van der Waals surface area contributed by atoms with Crippen LogP contribution in [0, 0.1) is 0 Å². The minimum atomic E-state index is -0.182. The van der Waals surface area contributed by atoms with Gasteiger partial charge in [0.15, 0.2) is 11.5 Å². The highest BCUT2D eigenvalue weighted by Crippen LogP contribution is 2.40. The van der Waals surface area contributed by atoms with E-state index < -0.39 is 0 Å². The quantitative estimate of drug-likeness (QED) is 0.371. The molecule has 174 valence electrons. The Hall–Kier alpha value is -4.49. The Bertz CT molecular complexity index is 1700. The first kappa shape index (κ1) is 20.8. The van der Waals surface area contributed by atoms with Gasteiger partial charge in [0.05, 0.1) is 23.6 Å². The van der Waals surface area contributed by atoms with Crippen LogP contribution in [0.15, 0.2) is 91.4 Å². The predicted octanol–water partition coefficient (Wildman–Crippen LogP) is 5.41. The van der Waals surface area contributed by atoms with E-state index in [1.54, 1.807) is 12.4 Å². The minimum Gasteiger partial charge on any atom is -0.321 e. The average Bonchev–Trinajstić information content (AvgIpc) is 3.37. The van der Waals surface area contributed by atoms with E-state index in [-0.39, 0.29) is 5.54 Å². The molecule has 0 aliphatic heterocycles. The molecule has 0 amide bonds. The smallest absolute Gasteiger partial charge is 0.170 e. The SMILES string of the molecule is NC1(c2ccc(-c3nc4ccn5c(-c6ccnnc6)nnc5c4cc3-c3ccccc3)cc2)CCC1. The van der Waals surface area contributed by atoms with Crippen molar-refractivity contribution >= 4 is 16.6 Å². The van der Waals surface area contributed by atoms with Crippen LogP contribution in [0.4, 0.5) is 0 Å². The summed E-state index contributed by atoms with van der Waals surface area (Å²) in [6.07, 6.45) is 8.59. The molecule has 0 atom stereocenters. The summed E-state index contributed by atoms with van der Waals surface area (Å²) in [4.78, 5) is 5.15. The summed E-state index contributed by atoms with van der Waals surface area (Å²) in [7, 11) is 0. The maximum Gasteiger partial charge on any atom is 0.170 e. The van der Waals surface area contributed by atoms with Crippen molar-refractivity contribution in [3.8, 4) is 33.8 Å². The van der Waals surface area contributed by atoms with Crippen molar-refractivity contribution in [1.82, 2.24) is 29.8 Å². The second-order valence-corrected chi connectivity index (χ2v) is 9.43. The van der Waals surface area contributed by atoms with E-state index in [2.05, 4.69) is 62.9 Å².